The Balaban J connectivity index is 2.09. The molecule has 1 fully saturated rings. The summed E-state index contributed by atoms with van der Waals surface area (Å²) in [7, 11) is 1.19. The van der Waals surface area contributed by atoms with Crippen LogP contribution in [0.3, 0.4) is 0 Å². The highest BCUT2D eigenvalue weighted by molar-refractivity contribution is 6.18. The summed E-state index contributed by atoms with van der Waals surface area (Å²) in [5.74, 6) is -2.85. The third kappa shape index (κ3) is 3.29. The lowest BCUT2D eigenvalue weighted by atomic mass is 9.90. The van der Waals surface area contributed by atoms with Gasteiger partial charge in [-0.3, -0.25) is 14.4 Å². The summed E-state index contributed by atoms with van der Waals surface area (Å²) in [5, 5.41) is 0. The van der Waals surface area contributed by atoms with Crippen LogP contribution in [-0.4, -0.2) is 42.3 Å². The smallest absolute Gasteiger partial charge is 0.325 e. The molecule has 21 heavy (non-hydrogen) atoms. The molecule has 1 saturated heterocycles. The molecule has 1 amide bonds. The Hall–Kier alpha value is -2.17. The molecule has 1 aliphatic heterocycles. The van der Waals surface area contributed by atoms with Gasteiger partial charge in [0.1, 0.15) is 0 Å². The molecule has 0 radical (unpaired) electrons. The molecule has 1 aromatic rings. The number of Topliss-reactive ketones (excluding diaryl/α,β-unsaturated/α-hetero) is 1. The minimum absolute atomic E-state index is 0.186. The van der Waals surface area contributed by atoms with Gasteiger partial charge in [-0.15, -0.1) is 0 Å². The molecule has 0 saturated carbocycles. The fourth-order valence-electron chi connectivity index (χ4n) is 2.61. The van der Waals surface area contributed by atoms with Crippen molar-refractivity contribution in [1.82, 2.24) is 4.90 Å². The third-order valence-electron chi connectivity index (χ3n) is 3.80. The largest absolute Gasteiger partial charge is 0.468 e. The van der Waals surface area contributed by atoms with Gasteiger partial charge in [-0.2, -0.15) is 0 Å². The number of rotatable bonds is 4. The molecule has 0 aromatic heterocycles. The number of ether oxygens (including phenoxy) is 1. The van der Waals surface area contributed by atoms with Gasteiger partial charge in [-0.1, -0.05) is 30.3 Å². The lowest BCUT2D eigenvalue weighted by Gasteiger charge is -2.35. The molecule has 2 rings (SSSR count). The van der Waals surface area contributed by atoms with Gasteiger partial charge < -0.3 is 9.64 Å². The van der Waals surface area contributed by atoms with Gasteiger partial charge in [-0.05, 0) is 18.9 Å². The molecule has 0 spiro atoms. The quantitative estimate of drug-likeness (QED) is 0.617. The Kier molecular flexibility index (Phi) is 4.73. The van der Waals surface area contributed by atoms with E-state index in [0.717, 1.165) is 5.56 Å². The summed E-state index contributed by atoms with van der Waals surface area (Å²) in [4.78, 5) is 37.5. The van der Waals surface area contributed by atoms with E-state index < -0.39 is 17.8 Å². The number of benzene rings is 1. The summed E-state index contributed by atoms with van der Waals surface area (Å²) in [6.07, 6.45) is 0.888. The number of likely N-dealkylation sites (tertiary alicyclic amines) is 1. The van der Waals surface area contributed by atoms with Crippen LogP contribution >= 0.6 is 0 Å². The summed E-state index contributed by atoms with van der Waals surface area (Å²) in [5.41, 5.74) is 1.11. The monoisotopic (exact) mass is 289 g/mol. The van der Waals surface area contributed by atoms with E-state index in [4.69, 9.17) is 0 Å². The number of amides is 1. The van der Waals surface area contributed by atoms with Crippen LogP contribution in [0.1, 0.15) is 18.9 Å². The topological polar surface area (TPSA) is 63.7 Å². The van der Waals surface area contributed by atoms with E-state index in [1.54, 1.807) is 4.90 Å². The van der Waals surface area contributed by atoms with Crippen molar-refractivity contribution < 1.29 is 19.1 Å². The lowest BCUT2D eigenvalue weighted by Crippen LogP contribution is -2.54. The van der Waals surface area contributed by atoms with Crippen LogP contribution in [0.4, 0.5) is 0 Å². The van der Waals surface area contributed by atoms with Crippen molar-refractivity contribution in [2.75, 3.05) is 13.7 Å². The van der Waals surface area contributed by atoms with Crippen molar-refractivity contribution in [3.8, 4) is 0 Å². The van der Waals surface area contributed by atoms with Gasteiger partial charge in [0.05, 0.1) is 7.11 Å². The molecule has 0 aliphatic carbocycles. The number of ketones is 1. The van der Waals surface area contributed by atoms with E-state index in [0.29, 0.717) is 13.0 Å². The normalized spacial score (nSPS) is 22.3. The van der Waals surface area contributed by atoms with E-state index in [-0.39, 0.29) is 18.2 Å². The van der Waals surface area contributed by atoms with E-state index in [1.165, 1.54) is 7.11 Å². The van der Waals surface area contributed by atoms with Crippen LogP contribution < -0.4 is 0 Å². The SMILES string of the molecule is COC(=O)C1C(=O)CC(C)N(CCc2ccccc2)C1=O. The second kappa shape index (κ2) is 6.52. The second-order valence-electron chi connectivity index (χ2n) is 5.24. The van der Waals surface area contributed by atoms with Crippen molar-refractivity contribution >= 4 is 17.7 Å². The Labute approximate surface area is 123 Å². The number of methoxy groups -OCH3 is 1. The highest BCUT2D eigenvalue weighted by Crippen LogP contribution is 2.22. The van der Waals surface area contributed by atoms with Crippen LogP contribution in [0, 0.1) is 5.92 Å². The van der Waals surface area contributed by atoms with Gasteiger partial charge in [0, 0.05) is 19.0 Å². The average Bonchev–Trinajstić information content (AvgIpc) is 2.47. The van der Waals surface area contributed by atoms with Crippen molar-refractivity contribution in [3.05, 3.63) is 35.9 Å². The Morgan fingerprint density at radius 1 is 1.29 bits per heavy atom. The average molecular weight is 289 g/mol. The standard InChI is InChI=1S/C16H19NO4/c1-11-10-13(18)14(16(20)21-2)15(19)17(11)9-8-12-6-4-3-5-7-12/h3-7,11,14H,8-10H2,1-2H3. The summed E-state index contributed by atoms with van der Waals surface area (Å²) < 4.78 is 4.57. The van der Waals surface area contributed by atoms with Crippen molar-refractivity contribution in [2.45, 2.75) is 25.8 Å². The highest BCUT2D eigenvalue weighted by Gasteiger charge is 2.44. The Bertz CT molecular complexity index is 540. The predicted molar refractivity (Wildman–Crippen MR) is 76.5 cm³/mol. The predicted octanol–water partition coefficient (Wildman–Crippen LogP) is 1.21. The molecule has 1 aromatic carbocycles. The van der Waals surface area contributed by atoms with E-state index in [9.17, 15) is 14.4 Å². The van der Waals surface area contributed by atoms with Crippen LogP contribution in [-0.2, 0) is 25.5 Å². The zero-order valence-electron chi connectivity index (χ0n) is 12.2. The molecule has 2 unspecified atom stereocenters. The van der Waals surface area contributed by atoms with Crippen LogP contribution in [0.5, 0.6) is 0 Å². The van der Waals surface area contributed by atoms with Crippen molar-refractivity contribution in [2.24, 2.45) is 5.92 Å². The Morgan fingerprint density at radius 3 is 2.57 bits per heavy atom. The van der Waals surface area contributed by atoms with Crippen molar-refractivity contribution in [3.63, 3.8) is 0 Å². The van der Waals surface area contributed by atoms with Gasteiger partial charge in [0.25, 0.3) is 0 Å². The first-order valence-electron chi connectivity index (χ1n) is 6.99. The molecule has 5 nitrogen and oxygen atoms in total. The minimum atomic E-state index is -1.29. The highest BCUT2D eigenvalue weighted by atomic mass is 16.5. The van der Waals surface area contributed by atoms with Crippen LogP contribution in [0.15, 0.2) is 30.3 Å². The molecule has 1 heterocycles. The summed E-state index contributed by atoms with van der Waals surface area (Å²) in [6.45, 7) is 2.32. The maximum absolute atomic E-state index is 12.4. The maximum Gasteiger partial charge on any atom is 0.325 e. The molecule has 1 aliphatic rings. The first-order chi connectivity index (χ1) is 10.0. The van der Waals surface area contributed by atoms with Crippen LogP contribution in [0.25, 0.3) is 0 Å². The van der Waals surface area contributed by atoms with Gasteiger partial charge >= 0.3 is 5.97 Å². The zero-order chi connectivity index (χ0) is 15.4. The summed E-state index contributed by atoms with van der Waals surface area (Å²) in [6, 6.07) is 9.61. The minimum Gasteiger partial charge on any atom is -0.468 e. The van der Waals surface area contributed by atoms with Gasteiger partial charge in [-0.25, -0.2) is 0 Å². The number of nitrogens with zero attached hydrogens (tertiary/aromatic N) is 1. The fraction of sp³-hybridized carbons (Fsp3) is 0.438. The molecule has 112 valence electrons. The third-order valence-corrected chi connectivity index (χ3v) is 3.80. The Morgan fingerprint density at radius 2 is 1.95 bits per heavy atom. The molecule has 5 heteroatoms. The van der Waals surface area contributed by atoms with E-state index in [2.05, 4.69) is 4.74 Å². The first-order valence-corrected chi connectivity index (χ1v) is 6.99. The fourth-order valence-corrected chi connectivity index (χ4v) is 2.61. The second-order valence-corrected chi connectivity index (χ2v) is 5.24. The number of carbonyl (C=O) groups is 3. The zero-order valence-corrected chi connectivity index (χ0v) is 12.2. The first kappa shape index (κ1) is 15.2. The van der Waals surface area contributed by atoms with Gasteiger partial charge in [0.15, 0.2) is 11.7 Å². The molecule has 0 N–H and O–H groups in total. The number of hydrogen-bond donors (Lipinski definition) is 0. The lowest BCUT2D eigenvalue weighted by molar-refractivity contribution is -0.161. The number of carbonyl (C=O) groups excluding carboxylic acids is 3. The molecule has 2 atom stereocenters. The summed E-state index contributed by atoms with van der Waals surface area (Å²) >= 11 is 0. The molecular formula is C16H19NO4. The number of hydrogen-bond acceptors (Lipinski definition) is 4. The van der Waals surface area contributed by atoms with Crippen LogP contribution in [0.2, 0.25) is 0 Å². The van der Waals surface area contributed by atoms with Gasteiger partial charge in [0.2, 0.25) is 5.91 Å². The molecule has 0 bridgehead atoms. The van der Waals surface area contributed by atoms with E-state index >= 15 is 0 Å². The number of piperidine rings is 1. The maximum atomic E-state index is 12.4. The molecular weight excluding hydrogens is 270 g/mol. The van der Waals surface area contributed by atoms with E-state index in [1.807, 2.05) is 37.3 Å². The van der Waals surface area contributed by atoms with Crippen molar-refractivity contribution in [1.29, 1.82) is 0 Å². The number of esters is 1.